The first kappa shape index (κ1) is 24.1. The third kappa shape index (κ3) is 5.46. The molecule has 36 heavy (non-hydrogen) atoms. The molecule has 5 rings (SSSR count). The monoisotopic (exact) mass is 496 g/mol. The second-order valence-corrected chi connectivity index (χ2v) is 10.3. The fourth-order valence-electron chi connectivity index (χ4n) is 4.12. The van der Waals surface area contributed by atoms with Gasteiger partial charge in [0, 0.05) is 37.3 Å². The zero-order valence-electron chi connectivity index (χ0n) is 21.1. The van der Waals surface area contributed by atoms with Crippen molar-refractivity contribution < 1.29 is 23.8 Å². The minimum absolute atomic E-state index is 0.0242. The molecule has 1 saturated carbocycles. The number of aromatic nitrogens is 4. The number of carbonyl (C=O) groups is 2. The highest BCUT2D eigenvalue weighted by molar-refractivity contribution is 5.93. The van der Waals surface area contributed by atoms with Crippen LogP contribution in [0.15, 0.2) is 30.6 Å². The van der Waals surface area contributed by atoms with Gasteiger partial charge in [-0.25, -0.2) is 9.31 Å². The number of rotatable bonds is 6. The number of morpholine rings is 1. The van der Waals surface area contributed by atoms with Gasteiger partial charge >= 0.3 is 6.09 Å². The average molecular weight is 497 g/mol. The fraction of sp³-hybridized carbons (Fsp3) is 0.520. The Kier molecular flexibility index (Phi) is 6.33. The molecule has 4 heterocycles. The molecule has 11 nitrogen and oxygen atoms in total. The molecule has 2 fully saturated rings. The van der Waals surface area contributed by atoms with Crippen LogP contribution in [0.5, 0.6) is 5.75 Å². The predicted molar refractivity (Wildman–Crippen MR) is 132 cm³/mol. The summed E-state index contributed by atoms with van der Waals surface area (Å²) in [5.74, 6) is 1.29. The van der Waals surface area contributed by atoms with Gasteiger partial charge < -0.3 is 24.4 Å². The van der Waals surface area contributed by atoms with Crippen molar-refractivity contribution in [2.24, 2.45) is 13.0 Å². The number of hydrogen-bond donors (Lipinski definition) is 1. The van der Waals surface area contributed by atoms with Gasteiger partial charge in [0.25, 0.3) is 0 Å². The summed E-state index contributed by atoms with van der Waals surface area (Å²) in [5.41, 5.74) is 2.00. The summed E-state index contributed by atoms with van der Waals surface area (Å²) in [6, 6.07) is 5.75. The van der Waals surface area contributed by atoms with Gasteiger partial charge in [-0.3, -0.25) is 9.48 Å². The Morgan fingerprint density at radius 3 is 2.81 bits per heavy atom. The molecule has 0 unspecified atom stereocenters. The first-order valence-corrected chi connectivity index (χ1v) is 12.2. The third-order valence-electron chi connectivity index (χ3n) is 6.06. The van der Waals surface area contributed by atoms with Crippen LogP contribution in [-0.4, -0.2) is 74.3 Å². The smallest absolute Gasteiger partial charge is 0.410 e. The molecule has 1 N–H and O–H groups in total. The minimum atomic E-state index is -0.549. The zero-order valence-corrected chi connectivity index (χ0v) is 21.1. The molecule has 2 amide bonds. The maximum atomic E-state index is 12.4. The van der Waals surface area contributed by atoms with Crippen LogP contribution in [0.4, 0.5) is 10.6 Å². The van der Waals surface area contributed by atoms with Gasteiger partial charge in [-0.05, 0) is 45.7 Å². The molecular formula is C25H32N6O5. The highest BCUT2D eigenvalue weighted by Gasteiger charge is 2.30. The SMILES string of the molecule is Cn1ncc(OC[C@H]2CN(C(=O)OC(C)(C)C)CCO2)c1-c1ccn2nc(NC(=O)C3CC3)cc2c1. The molecule has 0 radical (unpaired) electrons. The quantitative estimate of drug-likeness (QED) is 0.558. The van der Waals surface area contributed by atoms with Crippen LogP contribution in [-0.2, 0) is 21.3 Å². The molecule has 11 heteroatoms. The number of fused-ring (bicyclic) bond motifs is 1. The Balaban J connectivity index is 1.26. The van der Waals surface area contributed by atoms with E-state index in [9.17, 15) is 9.59 Å². The van der Waals surface area contributed by atoms with E-state index in [0.717, 1.165) is 29.6 Å². The molecule has 1 aliphatic heterocycles. The summed E-state index contributed by atoms with van der Waals surface area (Å²) >= 11 is 0. The number of ether oxygens (including phenoxy) is 3. The molecule has 0 spiro atoms. The van der Waals surface area contributed by atoms with Crippen molar-refractivity contribution in [3.05, 3.63) is 30.6 Å². The van der Waals surface area contributed by atoms with Crippen molar-refractivity contribution >= 4 is 23.3 Å². The van der Waals surface area contributed by atoms with Crippen LogP contribution in [0.1, 0.15) is 33.6 Å². The van der Waals surface area contributed by atoms with E-state index in [1.807, 2.05) is 52.2 Å². The molecule has 1 saturated heterocycles. The van der Waals surface area contributed by atoms with Crippen LogP contribution >= 0.6 is 0 Å². The summed E-state index contributed by atoms with van der Waals surface area (Å²) < 4.78 is 20.9. The lowest BCUT2D eigenvalue weighted by molar-refractivity contribution is -0.117. The van der Waals surface area contributed by atoms with E-state index in [-0.39, 0.29) is 30.6 Å². The number of aryl methyl sites for hydroxylation is 1. The summed E-state index contributed by atoms with van der Waals surface area (Å²) in [4.78, 5) is 26.2. The van der Waals surface area contributed by atoms with Crippen LogP contribution in [0.3, 0.4) is 0 Å². The Bertz CT molecular complexity index is 1270. The van der Waals surface area contributed by atoms with Crippen LogP contribution in [0.2, 0.25) is 0 Å². The van der Waals surface area contributed by atoms with Gasteiger partial charge in [-0.1, -0.05) is 0 Å². The van der Waals surface area contributed by atoms with Gasteiger partial charge in [0.2, 0.25) is 5.91 Å². The Labute approximate surface area is 209 Å². The molecule has 0 aromatic carbocycles. The second kappa shape index (κ2) is 9.45. The molecular weight excluding hydrogens is 464 g/mol. The lowest BCUT2D eigenvalue weighted by atomic mass is 10.1. The number of nitrogens with one attached hydrogen (secondary N) is 1. The van der Waals surface area contributed by atoms with Crippen molar-refractivity contribution in [2.45, 2.75) is 45.3 Å². The van der Waals surface area contributed by atoms with Crippen molar-refractivity contribution in [1.29, 1.82) is 0 Å². The maximum Gasteiger partial charge on any atom is 0.410 e. The third-order valence-corrected chi connectivity index (χ3v) is 6.06. The van der Waals surface area contributed by atoms with Crippen LogP contribution in [0, 0.1) is 5.92 Å². The van der Waals surface area contributed by atoms with Crippen LogP contribution < -0.4 is 10.1 Å². The van der Waals surface area contributed by atoms with E-state index in [2.05, 4.69) is 15.5 Å². The summed E-state index contributed by atoms with van der Waals surface area (Å²) in [7, 11) is 1.85. The molecule has 0 bridgehead atoms. The number of pyridine rings is 1. The Morgan fingerprint density at radius 2 is 2.06 bits per heavy atom. The van der Waals surface area contributed by atoms with E-state index >= 15 is 0 Å². The fourth-order valence-corrected chi connectivity index (χ4v) is 4.12. The lowest BCUT2D eigenvalue weighted by Gasteiger charge is -2.34. The number of hydrogen-bond acceptors (Lipinski definition) is 7. The Hall–Kier alpha value is -3.60. The standard InChI is InChI=1S/C25H32N6O5/c1-25(2,3)36-24(33)30-9-10-34-19(14-30)15-35-20-13-26-29(4)22(20)17-7-8-31-18(11-17)12-21(28-31)27-23(32)16-5-6-16/h7-8,11-13,16,19H,5-6,9-10,14-15H2,1-4H3,(H,27,28,32)/t19-/m1/s1. The van der Waals surface area contributed by atoms with Crippen LogP contribution in [0.25, 0.3) is 16.8 Å². The molecule has 1 aliphatic carbocycles. The lowest BCUT2D eigenvalue weighted by Crippen LogP contribution is -2.49. The molecule has 1 atom stereocenters. The van der Waals surface area contributed by atoms with E-state index in [0.29, 0.717) is 31.3 Å². The van der Waals surface area contributed by atoms with Crippen molar-refractivity contribution in [1.82, 2.24) is 24.3 Å². The van der Waals surface area contributed by atoms with Gasteiger partial charge in [0.15, 0.2) is 11.6 Å². The summed E-state index contributed by atoms with van der Waals surface area (Å²) in [6.07, 6.45) is 4.77. The maximum absolute atomic E-state index is 12.4. The van der Waals surface area contributed by atoms with E-state index in [1.54, 1.807) is 20.3 Å². The molecule has 3 aromatic rings. The molecule has 2 aliphatic rings. The van der Waals surface area contributed by atoms with Crippen molar-refractivity contribution in [3.63, 3.8) is 0 Å². The summed E-state index contributed by atoms with van der Waals surface area (Å²) in [5, 5.41) is 11.7. The van der Waals surface area contributed by atoms with Gasteiger partial charge in [-0.2, -0.15) is 10.2 Å². The number of carbonyl (C=O) groups excluding carboxylic acids is 2. The van der Waals surface area contributed by atoms with Crippen molar-refractivity contribution in [3.8, 4) is 17.0 Å². The van der Waals surface area contributed by atoms with E-state index in [1.165, 1.54) is 0 Å². The highest BCUT2D eigenvalue weighted by atomic mass is 16.6. The first-order chi connectivity index (χ1) is 17.2. The van der Waals surface area contributed by atoms with Gasteiger partial charge in [0.1, 0.15) is 24.0 Å². The molecule has 192 valence electrons. The number of anilines is 1. The normalized spacial score (nSPS) is 18.3. The van der Waals surface area contributed by atoms with Gasteiger partial charge in [0.05, 0.1) is 24.9 Å². The average Bonchev–Trinajstić information content (AvgIpc) is 3.50. The summed E-state index contributed by atoms with van der Waals surface area (Å²) in [6.45, 7) is 7.11. The second-order valence-electron chi connectivity index (χ2n) is 10.3. The highest BCUT2D eigenvalue weighted by Crippen LogP contribution is 2.32. The minimum Gasteiger partial charge on any atom is -0.487 e. The zero-order chi connectivity index (χ0) is 25.4. The largest absolute Gasteiger partial charge is 0.487 e. The predicted octanol–water partition coefficient (Wildman–Crippen LogP) is 3.10. The topological polar surface area (TPSA) is 112 Å². The van der Waals surface area contributed by atoms with Crippen molar-refractivity contribution in [2.75, 3.05) is 31.6 Å². The number of amides is 2. The Morgan fingerprint density at radius 1 is 1.25 bits per heavy atom. The van der Waals surface area contributed by atoms with E-state index in [4.69, 9.17) is 14.2 Å². The molecule has 3 aromatic heterocycles. The van der Waals surface area contributed by atoms with Gasteiger partial charge in [-0.15, -0.1) is 0 Å². The van der Waals surface area contributed by atoms with E-state index < -0.39 is 5.60 Å². The first-order valence-electron chi connectivity index (χ1n) is 12.2. The number of nitrogens with zero attached hydrogens (tertiary/aromatic N) is 5.